The number of hydrogen-bond donors (Lipinski definition) is 3. The molecule has 3 N–H and O–H groups in total. The van der Waals surface area contributed by atoms with E-state index >= 15 is 0 Å². The molecule has 42 heavy (non-hydrogen) atoms. The summed E-state index contributed by atoms with van der Waals surface area (Å²) in [7, 11) is 0. The molecule has 224 valence electrons. The number of aryl methyl sites for hydroxylation is 2. The van der Waals surface area contributed by atoms with Crippen molar-refractivity contribution in [3.63, 3.8) is 0 Å². The van der Waals surface area contributed by atoms with Gasteiger partial charge in [0.15, 0.2) is 5.78 Å². The average Bonchev–Trinajstić information content (AvgIpc) is 2.91. The van der Waals surface area contributed by atoms with E-state index < -0.39 is 17.4 Å². The van der Waals surface area contributed by atoms with E-state index in [9.17, 15) is 29.0 Å². The van der Waals surface area contributed by atoms with Crippen LogP contribution in [-0.4, -0.2) is 46.3 Å². The molecule has 0 unspecified atom stereocenters. The van der Waals surface area contributed by atoms with E-state index in [0.29, 0.717) is 53.2 Å². The van der Waals surface area contributed by atoms with Crippen molar-refractivity contribution in [3.8, 4) is 28.4 Å². The molecule has 0 aliphatic carbocycles. The predicted molar refractivity (Wildman–Crippen MR) is 156 cm³/mol. The Labute approximate surface area is 244 Å². The van der Waals surface area contributed by atoms with Gasteiger partial charge >= 0.3 is 11.9 Å². The second-order valence-corrected chi connectivity index (χ2v) is 10.9. The van der Waals surface area contributed by atoms with Crippen molar-refractivity contribution in [2.75, 3.05) is 13.2 Å². The van der Waals surface area contributed by atoms with Crippen LogP contribution < -0.4 is 9.47 Å². The van der Waals surface area contributed by atoms with Gasteiger partial charge < -0.3 is 24.8 Å². The van der Waals surface area contributed by atoms with Crippen LogP contribution in [0.25, 0.3) is 11.1 Å². The second kappa shape index (κ2) is 14.5. The topological polar surface area (TPSA) is 130 Å². The number of aliphatic carboxylic acids is 2. The molecule has 8 nitrogen and oxygen atoms in total. The lowest BCUT2D eigenvalue weighted by atomic mass is 9.82. The van der Waals surface area contributed by atoms with Crippen LogP contribution in [0, 0.1) is 11.2 Å². The first-order valence-corrected chi connectivity index (χ1v) is 13.9. The van der Waals surface area contributed by atoms with E-state index in [4.69, 9.17) is 14.6 Å². The van der Waals surface area contributed by atoms with Gasteiger partial charge in [0.25, 0.3) is 0 Å². The molecule has 0 saturated heterocycles. The zero-order valence-corrected chi connectivity index (χ0v) is 24.1. The van der Waals surface area contributed by atoms with Crippen molar-refractivity contribution in [2.24, 2.45) is 5.41 Å². The first-order chi connectivity index (χ1) is 19.9. The molecule has 0 bridgehead atoms. The Morgan fingerprint density at radius 3 is 2.12 bits per heavy atom. The SMILES string of the molecule is CCc1cc(-c2ccc(F)cc2)c(O)cc1OCCCOc1ccc(C(=O)CC(C)(C)CC(=O)O)cc1CCC(=O)O. The maximum atomic E-state index is 13.3. The van der Waals surface area contributed by atoms with Crippen LogP contribution in [0.4, 0.5) is 4.39 Å². The summed E-state index contributed by atoms with van der Waals surface area (Å²) in [5.41, 5.74) is 2.39. The van der Waals surface area contributed by atoms with Gasteiger partial charge in [-0.1, -0.05) is 32.9 Å². The summed E-state index contributed by atoms with van der Waals surface area (Å²) < 4.78 is 25.2. The van der Waals surface area contributed by atoms with Crippen LogP contribution in [0.5, 0.6) is 17.2 Å². The fourth-order valence-electron chi connectivity index (χ4n) is 4.65. The molecule has 0 atom stereocenters. The standard InChI is InChI=1S/C33H37FO8/c1-4-21-17-26(22-6-10-25(34)11-7-22)27(35)18-30(21)42-15-5-14-41-29-12-8-23(16-24(29)9-13-31(37)38)28(36)19-33(2,3)20-32(39)40/h6-8,10-12,16-18,35H,4-5,9,13-15,19-20H2,1-3H3,(H,37,38)(H,39,40). The number of carboxylic acid groups (broad SMARTS) is 2. The number of carboxylic acids is 2. The Bertz CT molecular complexity index is 1410. The number of Topliss-reactive ketones (excluding diaryl/α,β-unsaturated/α-hetero) is 1. The number of benzene rings is 3. The number of hydrogen-bond acceptors (Lipinski definition) is 6. The van der Waals surface area contributed by atoms with Gasteiger partial charge in [0.1, 0.15) is 23.1 Å². The zero-order chi connectivity index (χ0) is 30.9. The van der Waals surface area contributed by atoms with E-state index in [0.717, 1.165) is 5.56 Å². The number of aromatic hydroxyl groups is 1. The molecule has 3 rings (SSSR count). The van der Waals surface area contributed by atoms with Crippen LogP contribution in [0.3, 0.4) is 0 Å². The first-order valence-electron chi connectivity index (χ1n) is 13.9. The molecule has 0 amide bonds. The Morgan fingerprint density at radius 2 is 1.50 bits per heavy atom. The predicted octanol–water partition coefficient (Wildman–Crippen LogP) is 6.70. The molecule has 0 aliphatic rings. The van der Waals surface area contributed by atoms with Crippen LogP contribution in [0.15, 0.2) is 54.6 Å². The molecule has 0 heterocycles. The molecule has 9 heteroatoms. The number of phenols is 1. The first kappa shape index (κ1) is 32.1. The maximum absolute atomic E-state index is 13.3. The number of rotatable bonds is 16. The van der Waals surface area contributed by atoms with Gasteiger partial charge in [-0.05, 0) is 71.3 Å². The third-order valence-electron chi connectivity index (χ3n) is 6.78. The fraction of sp³-hybridized carbons (Fsp3) is 0.364. The Hall–Kier alpha value is -4.40. The van der Waals surface area contributed by atoms with Crippen molar-refractivity contribution in [1.29, 1.82) is 0 Å². The average molecular weight is 581 g/mol. The monoisotopic (exact) mass is 580 g/mol. The second-order valence-electron chi connectivity index (χ2n) is 10.9. The third kappa shape index (κ3) is 9.33. The van der Waals surface area contributed by atoms with Crippen LogP contribution >= 0.6 is 0 Å². The van der Waals surface area contributed by atoms with Crippen LogP contribution in [-0.2, 0) is 22.4 Å². The van der Waals surface area contributed by atoms with Crippen molar-refractivity contribution < 1.29 is 43.6 Å². The van der Waals surface area contributed by atoms with Crippen molar-refractivity contribution >= 4 is 17.7 Å². The summed E-state index contributed by atoms with van der Waals surface area (Å²) in [6, 6.07) is 14.1. The smallest absolute Gasteiger partial charge is 0.303 e. The number of ether oxygens (including phenoxy) is 2. The number of ketones is 1. The van der Waals surface area contributed by atoms with Crippen molar-refractivity contribution in [3.05, 3.63) is 77.1 Å². The summed E-state index contributed by atoms with van der Waals surface area (Å²) in [6.45, 7) is 5.96. The molecular weight excluding hydrogens is 543 g/mol. The summed E-state index contributed by atoms with van der Waals surface area (Å²) in [4.78, 5) is 35.2. The van der Waals surface area contributed by atoms with E-state index in [2.05, 4.69) is 0 Å². The van der Waals surface area contributed by atoms with Crippen molar-refractivity contribution in [2.45, 2.75) is 59.3 Å². The zero-order valence-electron chi connectivity index (χ0n) is 24.1. The quantitative estimate of drug-likeness (QED) is 0.126. The highest BCUT2D eigenvalue weighted by Crippen LogP contribution is 2.36. The molecule has 0 fully saturated rings. The maximum Gasteiger partial charge on any atom is 0.303 e. The lowest BCUT2D eigenvalue weighted by molar-refractivity contribution is -0.139. The molecule has 0 aromatic heterocycles. The highest BCUT2D eigenvalue weighted by atomic mass is 19.1. The van der Waals surface area contributed by atoms with Gasteiger partial charge in [0, 0.05) is 36.5 Å². The molecule has 3 aromatic carbocycles. The summed E-state index contributed by atoms with van der Waals surface area (Å²) in [5.74, 6) is -1.51. The minimum atomic E-state index is -0.979. The van der Waals surface area contributed by atoms with Gasteiger partial charge in [-0.3, -0.25) is 14.4 Å². The lowest BCUT2D eigenvalue weighted by Gasteiger charge is -2.21. The molecule has 0 spiro atoms. The molecule has 0 radical (unpaired) electrons. The van der Waals surface area contributed by atoms with Crippen LogP contribution in [0.1, 0.15) is 67.9 Å². The summed E-state index contributed by atoms with van der Waals surface area (Å²) >= 11 is 0. The number of carbonyl (C=O) groups is 3. The van der Waals surface area contributed by atoms with Crippen molar-refractivity contribution in [1.82, 2.24) is 0 Å². The normalized spacial score (nSPS) is 11.2. The Kier molecular flexibility index (Phi) is 11.1. The largest absolute Gasteiger partial charge is 0.507 e. The number of carbonyl (C=O) groups excluding carboxylic acids is 1. The molecule has 3 aromatic rings. The van der Waals surface area contributed by atoms with Gasteiger partial charge in [-0.15, -0.1) is 0 Å². The number of phenolic OH excluding ortho intramolecular Hbond substituents is 1. The highest BCUT2D eigenvalue weighted by Gasteiger charge is 2.26. The van der Waals surface area contributed by atoms with E-state index in [1.807, 2.05) is 13.0 Å². The van der Waals surface area contributed by atoms with Gasteiger partial charge in [-0.2, -0.15) is 0 Å². The van der Waals surface area contributed by atoms with Crippen LogP contribution in [0.2, 0.25) is 0 Å². The minimum absolute atomic E-state index is 0.0223. The fourth-order valence-corrected chi connectivity index (χ4v) is 4.65. The summed E-state index contributed by atoms with van der Waals surface area (Å²) in [6.07, 6.45) is 1.07. The van der Waals surface area contributed by atoms with Gasteiger partial charge in [0.05, 0.1) is 19.6 Å². The number of halogens is 1. The molecular formula is C33H37FO8. The van der Waals surface area contributed by atoms with Gasteiger partial charge in [-0.25, -0.2) is 4.39 Å². The minimum Gasteiger partial charge on any atom is -0.507 e. The van der Waals surface area contributed by atoms with Gasteiger partial charge in [0.2, 0.25) is 0 Å². The van der Waals surface area contributed by atoms with E-state index in [-0.39, 0.29) is 49.6 Å². The summed E-state index contributed by atoms with van der Waals surface area (Å²) in [5, 5.41) is 28.9. The van der Waals surface area contributed by atoms with E-state index in [1.165, 1.54) is 12.1 Å². The van der Waals surface area contributed by atoms with E-state index in [1.54, 1.807) is 50.2 Å². The molecule has 0 aliphatic heterocycles. The Balaban J connectivity index is 1.63. The Morgan fingerprint density at radius 1 is 0.833 bits per heavy atom. The molecule has 0 saturated carbocycles. The third-order valence-corrected chi connectivity index (χ3v) is 6.78. The highest BCUT2D eigenvalue weighted by molar-refractivity contribution is 5.97. The lowest BCUT2D eigenvalue weighted by Crippen LogP contribution is -2.21.